The zero-order valence-electron chi connectivity index (χ0n) is 8.99. The van der Waals surface area contributed by atoms with Crippen molar-refractivity contribution in [2.24, 2.45) is 23.5 Å². The van der Waals surface area contributed by atoms with Gasteiger partial charge in [-0.1, -0.05) is 6.42 Å². The van der Waals surface area contributed by atoms with Crippen molar-refractivity contribution >= 4 is 5.91 Å². The van der Waals surface area contributed by atoms with E-state index >= 15 is 0 Å². The lowest BCUT2D eigenvalue weighted by Gasteiger charge is -2.17. The van der Waals surface area contributed by atoms with Crippen LogP contribution in [0, 0.1) is 17.8 Å². The van der Waals surface area contributed by atoms with Gasteiger partial charge < -0.3 is 11.1 Å². The summed E-state index contributed by atoms with van der Waals surface area (Å²) in [6.07, 6.45) is 3.84. The Kier molecular flexibility index (Phi) is 2.52. The smallest absolute Gasteiger partial charge is 0.223 e. The van der Waals surface area contributed by atoms with E-state index in [1.54, 1.807) is 0 Å². The molecular weight excluding hydrogens is 176 g/mol. The van der Waals surface area contributed by atoms with Crippen molar-refractivity contribution in [3.05, 3.63) is 0 Å². The second-order valence-corrected chi connectivity index (χ2v) is 4.94. The molecule has 4 atom stereocenters. The molecule has 2 saturated carbocycles. The molecule has 4 unspecified atom stereocenters. The van der Waals surface area contributed by atoms with Crippen molar-refractivity contribution in [2.45, 2.75) is 45.2 Å². The minimum Gasteiger partial charge on any atom is -0.352 e. The molecule has 0 spiro atoms. The topological polar surface area (TPSA) is 55.1 Å². The summed E-state index contributed by atoms with van der Waals surface area (Å²) in [5.41, 5.74) is 5.71. The van der Waals surface area contributed by atoms with Gasteiger partial charge in [0.2, 0.25) is 5.91 Å². The number of fused-ring (bicyclic) bond motifs is 1. The van der Waals surface area contributed by atoms with Gasteiger partial charge in [0, 0.05) is 18.0 Å². The van der Waals surface area contributed by atoms with Gasteiger partial charge in [0.15, 0.2) is 0 Å². The predicted octanol–water partition coefficient (Wildman–Crippen LogP) is 0.884. The molecule has 80 valence electrons. The van der Waals surface area contributed by atoms with Crippen LogP contribution < -0.4 is 11.1 Å². The number of amides is 1. The standard InChI is InChI=1S/C11H20N2O/c1-6(12)7(2)13-11(14)10-8-4-3-5-9(8)10/h6-10H,3-5,12H2,1-2H3,(H,13,14). The normalized spacial score (nSPS) is 38.6. The minimum atomic E-state index is 0.0394. The van der Waals surface area contributed by atoms with Crippen molar-refractivity contribution in [2.75, 3.05) is 0 Å². The number of hydrogen-bond acceptors (Lipinski definition) is 2. The quantitative estimate of drug-likeness (QED) is 0.704. The average Bonchev–Trinajstić information content (AvgIpc) is 2.61. The molecule has 0 radical (unpaired) electrons. The van der Waals surface area contributed by atoms with E-state index in [1.807, 2.05) is 13.8 Å². The lowest BCUT2D eigenvalue weighted by atomic mass is 10.1. The number of carbonyl (C=O) groups is 1. The molecule has 1 amide bonds. The molecule has 0 bridgehead atoms. The number of hydrogen-bond donors (Lipinski definition) is 2. The van der Waals surface area contributed by atoms with E-state index in [0.717, 1.165) is 0 Å². The van der Waals surface area contributed by atoms with Crippen LogP contribution in [0.3, 0.4) is 0 Å². The fourth-order valence-electron chi connectivity index (χ4n) is 2.66. The fraction of sp³-hybridized carbons (Fsp3) is 0.909. The van der Waals surface area contributed by atoms with Crippen molar-refractivity contribution in [1.82, 2.24) is 5.32 Å². The molecule has 0 heterocycles. The van der Waals surface area contributed by atoms with E-state index in [-0.39, 0.29) is 18.0 Å². The SMILES string of the molecule is CC(N)C(C)NC(=O)C1C2CCCC21. The lowest BCUT2D eigenvalue weighted by molar-refractivity contribution is -0.123. The molecule has 2 aliphatic rings. The Morgan fingerprint density at radius 1 is 1.36 bits per heavy atom. The van der Waals surface area contributed by atoms with Gasteiger partial charge in [-0.2, -0.15) is 0 Å². The van der Waals surface area contributed by atoms with E-state index in [2.05, 4.69) is 5.32 Å². The Hall–Kier alpha value is -0.570. The third-order valence-electron chi connectivity index (χ3n) is 3.87. The molecule has 3 N–H and O–H groups in total. The van der Waals surface area contributed by atoms with Crippen LogP contribution >= 0.6 is 0 Å². The molecule has 2 fully saturated rings. The highest BCUT2D eigenvalue weighted by atomic mass is 16.2. The van der Waals surface area contributed by atoms with Gasteiger partial charge >= 0.3 is 0 Å². The first-order chi connectivity index (χ1) is 6.61. The first kappa shape index (κ1) is 9.97. The molecule has 2 aliphatic carbocycles. The van der Waals surface area contributed by atoms with E-state index < -0.39 is 0 Å². The van der Waals surface area contributed by atoms with Crippen LogP contribution in [0.1, 0.15) is 33.1 Å². The lowest BCUT2D eigenvalue weighted by Crippen LogP contribution is -2.44. The Balaban J connectivity index is 1.80. The van der Waals surface area contributed by atoms with Gasteiger partial charge in [0.05, 0.1) is 0 Å². The van der Waals surface area contributed by atoms with Crippen molar-refractivity contribution in [1.29, 1.82) is 0 Å². The van der Waals surface area contributed by atoms with Gasteiger partial charge in [0.25, 0.3) is 0 Å². The maximum atomic E-state index is 11.8. The third kappa shape index (κ3) is 1.65. The second-order valence-electron chi connectivity index (χ2n) is 4.94. The van der Waals surface area contributed by atoms with Crippen molar-refractivity contribution in [3.8, 4) is 0 Å². The number of rotatable bonds is 3. The molecule has 0 aliphatic heterocycles. The first-order valence-electron chi connectivity index (χ1n) is 5.67. The molecule has 0 aromatic carbocycles. The van der Waals surface area contributed by atoms with Crippen LogP contribution in [0.15, 0.2) is 0 Å². The Morgan fingerprint density at radius 2 is 1.93 bits per heavy atom. The van der Waals surface area contributed by atoms with E-state index in [1.165, 1.54) is 19.3 Å². The monoisotopic (exact) mass is 196 g/mol. The Bertz CT molecular complexity index is 229. The molecule has 2 rings (SSSR count). The largest absolute Gasteiger partial charge is 0.352 e. The zero-order valence-corrected chi connectivity index (χ0v) is 8.99. The second kappa shape index (κ2) is 3.54. The third-order valence-corrected chi connectivity index (χ3v) is 3.87. The summed E-state index contributed by atoms with van der Waals surface area (Å²) in [5, 5.41) is 3.01. The molecule has 14 heavy (non-hydrogen) atoms. The highest BCUT2D eigenvalue weighted by Crippen LogP contribution is 2.57. The molecular formula is C11H20N2O. The number of carbonyl (C=O) groups excluding carboxylic acids is 1. The highest BCUT2D eigenvalue weighted by molar-refractivity contribution is 5.82. The van der Waals surface area contributed by atoms with Crippen LogP contribution in [0.2, 0.25) is 0 Å². The van der Waals surface area contributed by atoms with Crippen LogP contribution in [0.25, 0.3) is 0 Å². The molecule has 0 aromatic heterocycles. The van der Waals surface area contributed by atoms with E-state index in [4.69, 9.17) is 5.73 Å². The summed E-state index contributed by atoms with van der Waals surface area (Å²) < 4.78 is 0. The average molecular weight is 196 g/mol. The van der Waals surface area contributed by atoms with Crippen LogP contribution in [-0.4, -0.2) is 18.0 Å². The summed E-state index contributed by atoms with van der Waals surface area (Å²) in [6.45, 7) is 3.90. The van der Waals surface area contributed by atoms with Crippen LogP contribution in [-0.2, 0) is 4.79 Å². The number of nitrogens with two attached hydrogens (primary N) is 1. The van der Waals surface area contributed by atoms with Crippen LogP contribution in [0.5, 0.6) is 0 Å². The Morgan fingerprint density at radius 3 is 2.43 bits per heavy atom. The summed E-state index contributed by atoms with van der Waals surface area (Å²) >= 11 is 0. The summed E-state index contributed by atoms with van der Waals surface area (Å²) in [4.78, 5) is 11.8. The molecule has 0 saturated heterocycles. The van der Waals surface area contributed by atoms with Gasteiger partial charge in [-0.3, -0.25) is 4.79 Å². The zero-order chi connectivity index (χ0) is 10.3. The highest BCUT2D eigenvalue weighted by Gasteiger charge is 2.56. The van der Waals surface area contributed by atoms with E-state index in [9.17, 15) is 4.79 Å². The summed E-state index contributed by atoms with van der Waals surface area (Å²) in [5.74, 6) is 1.97. The molecule has 3 nitrogen and oxygen atoms in total. The van der Waals surface area contributed by atoms with Gasteiger partial charge in [-0.05, 0) is 38.5 Å². The minimum absolute atomic E-state index is 0.0394. The van der Waals surface area contributed by atoms with Crippen molar-refractivity contribution < 1.29 is 4.79 Å². The van der Waals surface area contributed by atoms with E-state index in [0.29, 0.717) is 17.8 Å². The first-order valence-corrected chi connectivity index (χ1v) is 5.67. The number of nitrogens with one attached hydrogen (secondary N) is 1. The molecule has 0 aromatic rings. The summed E-state index contributed by atoms with van der Waals surface area (Å²) in [7, 11) is 0. The van der Waals surface area contributed by atoms with Crippen molar-refractivity contribution in [3.63, 3.8) is 0 Å². The van der Waals surface area contributed by atoms with Crippen LogP contribution in [0.4, 0.5) is 0 Å². The van der Waals surface area contributed by atoms with Gasteiger partial charge in [0.1, 0.15) is 0 Å². The molecule has 3 heteroatoms. The van der Waals surface area contributed by atoms with Gasteiger partial charge in [-0.15, -0.1) is 0 Å². The Labute approximate surface area is 85.4 Å². The maximum absolute atomic E-state index is 11.8. The maximum Gasteiger partial charge on any atom is 0.223 e. The summed E-state index contributed by atoms with van der Waals surface area (Å²) in [6, 6.07) is 0.140. The predicted molar refractivity (Wildman–Crippen MR) is 55.6 cm³/mol. The van der Waals surface area contributed by atoms with Gasteiger partial charge in [-0.25, -0.2) is 0 Å². The fourth-order valence-corrected chi connectivity index (χ4v) is 2.66.